The van der Waals surface area contributed by atoms with Crippen molar-refractivity contribution in [2.45, 2.75) is 18.7 Å². The van der Waals surface area contributed by atoms with Crippen LogP contribution in [0.15, 0.2) is 23.1 Å². The molecule has 0 spiro atoms. The minimum Gasteiger partial charge on any atom is -0.495 e. The molecule has 0 atom stereocenters. The SMILES string of the molecule is COc1ccc(S(N)(=O)=O)cc1NC(=O)C(C)(C)CN. The Kier molecular flexibility index (Phi) is 4.74. The molecule has 0 saturated carbocycles. The molecule has 0 unspecified atom stereocenters. The zero-order valence-corrected chi connectivity index (χ0v) is 12.5. The van der Waals surface area contributed by atoms with E-state index in [1.807, 2.05) is 0 Å². The van der Waals surface area contributed by atoms with Crippen LogP contribution in [-0.2, 0) is 14.8 Å². The maximum absolute atomic E-state index is 12.1. The van der Waals surface area contributed by atoms with Crippen LogP contribution in [0.3, 0.4) is 0 Å². The summed E-state index contributed by atoms with van der Waals surface area (Å²) in [6, 6.07) is 3.97. The van der Waals surface area contributed by atoms with Gasteiger partial charge in [0.15, 0.2) is 0 Å². The highest BCUT2D eigenvalue weighted by Crippen LogP contribution is 2.28. The fourth-order valence-corrected chi connectivity index (χ4v) is 1.89. The third kappa shape index (κ3) is 3.69. The van der Waals surface area contributed by atoms with Gasteiger partial charge in [-0.25, -0.2) is 13.6 Å². The fourth-order valence-electron chi connectivity index (χ4n) is 1.35. The molecule has 0 heterocycles. The van der Waals surface area contributed by atoms with Crippen LogP contribution in [0.4, 0.5) is 5.69 Å². The summed E-state index contributed by atoms with van der Waals surface area (Å²) in [5.41, 5.74) is 4.96. The highest BCUT2D eigenvalue weighted by molar-refractivity contribution is 7.89. The first-order valence-corrected chi connectivity index (χ1v) is 7.39. The molecular formula is C12H19N3O4S. The van der Waals surface area contributed by atoms with Crippen LogP contribution < -0.4 is 20.9 Å². The van der Waals surface area contributed by atoms with Gasteiger partial charge in [-0.05, 0) is 32.0 Å². The number of benzene rings is 1. The standard InChI is InChI=1S/C12H19N3O4S/c1-12(2,7-13)11(16)15-9-6-8(20(14,17)18)4-5-10(9)19-3/h4-6H,7,13H2,1-3H3,(H,15,16)(H2,14,17,18). The molecule has 5 N–H and O–H groups in total. The molecule has 0 aliphatic rings. The predicted octanol–water partition coefficient (Wildman–Crippen LogP) is 0.266. The molecule has 0 aromatic heterocycles. The van der Waals surface area contributed by atoms with Crippen molar-refractivity contribution in [1.82, 2.24) is 0 Å². The summed E-state index contributed by atoms with van der Waals surface area (Å²) in [4.78, 5) is 12.0. The van der Waals surface area contributed by atoms with Gasteiger partial charge in [-0.3, -0.25) is 4.79 Å². The van der Waals surface area contributed by atoms with Crippen molar-refractivity contribution < 1.29 is 17.9 Å². The third-order valence-corrected chi connectivity index (χ3v) is 3.78. The molecule has 7 nitrogen and oxygen atoms in total. The number of ether oxygens (including phenoxy) is 1. The fraction of sp³-hybridized carbons (Fsp3) is 0.417. The van der Waals surface area contributed by atoms with E-state index in [1.54, 1.807) is 13.8 Å². The van der Waals surface area contributed by atoms with E-state index in [1.165, 1.54) is 25.3 Å². The lowest BCUT2D eigenvalue weighted by molar-refractivity contribution is -0.123. The van der Waals surface area contributed by atoms with Gasteiger partial charge < -0.3 is 15.8 Å². The van der Waals surface area contributed by atoms with Crippen molar-refractivity contribution in [3.63, 3.8) is 0 Å². The van der Waals surface area contributed by atoms with Gasteiger partial charge in [0.2, 0.25) is 15.9 Å². The number of hydrogen-bond acceptors (Lipinski definition) is 5. The van der Waals surface area contributed by atoms with Crippen LogP contribution in [0.25, 0.3) is 0 Å². The Hall–Kier alpha value is -1.64. The van der Waals surface area contributed by atoms with Gasteiger partial charge in [-0.2, -0.15) is 0 Å². The molecule has 1 rings (SSSR count). The van der Waals surface area contributed by atoms with E-state index in [-0.39, 0.29) is 23.0 Å². The van der Waals surface area contributed by atoms with Gasteiger partial charge in [-0.15, -0.1) is 0 Å². The zero-order chi connectivity index (χ0) is 15.6. The van der Waals surface area contributed by atoms with Crippen molar-refractivity contribution in [3.8, 4) is 5.75 Å². The van der Waals surface area contributed by atoms with E-state index in [0.717, 1.165) is 0 Å². The van der Waals surface area contributed by atoms with Gasteiger partial charge in [0, 0.05) is 6.54 Å². The number of anilines is 1. The van der Waals surface area contributed by atoms with Crippen LogP contribution in [0.2, 0.25) is 0 Å². The lowest BCUT2D eigenvalue weighted by atomic mass is 9.92. The molecule has 1 aromatic carbocycles. The van der Waals surface area contributed by atoms with Gasteiger partial charge >= 0.3 is 0 Å². The average molecular weight is 301 g/mol. The van der Waals surface area contributed by atoms with Crippen LogP contribution in [0, 0.1) is 5.41 Å². The molecule has 0 saturated heterocycles. The van der Waals surface area contributed by atoms with Gasteiger partial charge in [0.1, 0.15) is 5.75 Å². The number of sulfonamides is 1. The van der Waals surface area contributed by atoms with Gasteiger partial charge in [0.05, 0.1) is 23.1 Å². The number of methoxy groups -OCH3 is 1. The number of nitrogens with two attached hydrogens (primary N) is 2. The smallest absolute Gasteiger partial charge is 0.238 e. The molecule has 0 bridgehead atoms. The first-order chi connectivity index (χ1) is 9.11. The molecule has 20 heavy (non-hydrogen) atoms. The summed E-state index contributed by atoms with van der Waals surface area (Å²) in [6.45, 7) is 3.51. The van der Waals surface area contributed by atoms with Crippen LogP contribution in [0.5, 0.6) is 5.75 Å². The van der Waals surface area contributed by atoms with Gasteiger partial charge in [0.25, 0.3) is 0 Å². The molecule has 1 aromatic rings. The zero-order valence-electron chi connectivity index (χ0n) is 11.6. The maximum Gasteiger partial charge on any atom is 0.238 e. The van der Waals surface area contributed by atoms with Crippen molar-refractivity contribution in [1.29, 1.82) is 0 Å². The molecular weight excluding hydrogens is 282 g/mol. The van der Waals surface area contributed by atoms with E-state index in [0.29, 0.717) is 5.75 Å². The lowest BCUT2D eigenvalue weighted by Crippen LogP contribution is -2.37. The number of amides is 1. The van der Waals surface area contributed by atoms with E-state index in [9.17, 15) is 13.2 Å². The minimum atomic E-state index is -3.86. The predicted molar refractivity (Wildman–Crippen MR) is 75.8 cm³/mol. The van der Waals surface area contributed by atoms with Crippen molar-refractivity contribution >= 4 is 21.6 Å². The van der Waals surface area contributed by atoms with E-state index >= 15 is 0 Å². The molecule has 0 aliphatic carbocycles. The second-order valence-electron chi connectivity index (χ2n) is 4.95. The van der Waals surface area contributed by atoms with Gasteiger partial charge in [-0.1, -0.05) is 0 Å². The second kappa shape index (κ2) is 5.78. The first kappa shape index (κ1) is 16.4. The van der Waals surface area contributed by atoms with E-state index < -0.39 is 15.4 Å². The summed E-state index contributed by atoms with van der Waals surface area (Å²) in [6.07, 6.45) is 0. The first-order valence-electron chi connectivity index (χ1n) is 5.84. The highest BCUT2D eigenvalue weighted by atomic mass is 32.2. The maximum atomic E-state index is 12.1. The Balaban J connectivity index is 3.19. The average Bonchev–Trinajstić information content (AvgIpc) is 2.37. The summed E-state index contributed by atoms with van der Waals surface area (Å²) in [5, 5.41) is 7.66. The van der Waals surface area contributed by atoms with Crippen LogP contribution in [-0.4, -0.2) is 28.0 Å². The Morgan fingerprint density at radius 3 is 2.45 bits per heavy atom. The molecule has 0 aliphatic heterocycles. The summed E-state index contributed by atoms with van der Waals surface area (Å²) in [5.74, 6) is -0.0107. The van der Waals surface area contributed by atoms with Crippen LogP contribution >= 0.6 is 0 Å². The number of rotatable bonds is 5. The second-order valence-corrected chi connectivity index (χ2v) is 6.51. The summed E-state index contributed by atoms with van der Waals surface area (Å²) in [7, 11) is -2.45. The summed E-state index contributed by atoms with van der Waals surface area (Å²) >= 11 is 0. The number of carbonyl (C=O) groups excluding carboxylic acids is 1. The number of hydrogen-bond donors (Lipinski definition) is 3. The van der Waals surface area contributed by atoms with Crippen LogP contribution in [0.1, 0.15) is 13.8 Å². The molecule has 1 amide bonds. The third-order valence-electron chi connectivity index (χ3n) is 2.87. The normalized spacial score (nSPS) is 12.1. The highest BCUT2D eigenvalue weighted by Gasteiger charge is 2.27. The number of carbonyl (C=O) groups is 1. The molecule has 0 fully saturated rings. The van der Waals surface area contributed by atoms with E-state index in [2.05, 4.69) is 5.32 Å². The Morgan fingerprint density at radius 2 is 2.00 bits per heavy atom. The Morgan fingerprint density at radius 1 is 1.40 bits per heavy atom. The molecule has 112 valence electrons. The van der Waals surface area contributed by atoms with E-state index in [4.69, 9.17) is 15.6 Å². The lowest BCUT2D eigenvalue weighted by Gasteiger charge is -2.22. The van der Waals surface area contributed by atoms with Crippen molar-refractivity contribution in [3.05, 3.63) is 18.2 Å². The number of nitrogens with one attached hydrogen (secondary N) is 1. The molecule has 0 radical (unpaired) electrons. The Bertz CT molecular complexity index is 611. The molecule has 8 heteroatoms. The quantitative estimate of drug-likeness (QED) is 0.719. The monoisotopic (exact) mass is 301 g/mol. The topological polar surface area (TPSA) is 125 Å². The largest absolute Gasteiger partial charge is 0.495 e. The van der Waals surface area contributed by atoms with Crippen molar-refractivity contribution in [2.75, 3.05) is 19.0 Å². The Labute approximate surface area is 118 Å². The number of primary sulfonamides is 1. The minimum absolute atomic E-state index is 0.112. The van der Waals surface area contributed by atoms with Crippen molar-refractivity contribution in [2.24, 2.45) is 16.3 Å². The summed E-state index contributed by atoms with van der Waals surface area (Å²) < 4.78 is 27.7.